The number of rotatable bonds is 3. The Morgan fingerprint density at radius 3 is 2.00 bits per heavy atom. The van der Waals surface area contributed by atoms with Crippen LogP contribution < -0.4 is 16.8 Å². The summed E-state index contributed by atoms with van der Waals surface area (Å²) in [6.07, 6.45) is 1.25. The molecule has 0 spiro atoms. The first-order valence-electron chi connectivity index (χ1n) is 6.98. The van der Waals surface area contributed by atoms with Crippen molar-refractivity contribution in [2.24, 2.45) is 0 Å². The monoisotopic (exact) mass is 305 g/mol. The van der Waals surface area contributed by atoms with Crippen molar-refractivity contribution in [2.75, 3.05) is 16.8 Å². The van der Waals surface area contributed by atoms with Crippen LogP contribution in [0.1, 0.15) is 10.4 Å². The summed E-state index contributed by atoms with van der Waals surface area (Å²) >= 11 is 0. The van der Waals surface area contributed by atoms with Crippen molar-refractivity contribution in [1.82, 2.24) is 9.97 Å². The minimum absolute atomic E-state index is 0.131. The molecule has 0 aliphatic carbocycles. The molecule has 0 aliphatic rings. The highest BCUT2D eigenvalue weighted by molar-refractivity contribution is 6.07. The van der Waals surface area contributed by atoms with E-state index in [0.717, 1.165) is 11.1 Å². The highest BCUT2D eigenvalue weighted by Gasteiger charge is 2.12. The Morgan fingerprint density at radius 2 is 1.39 bits per heavy atom. The highest BCUT2D eigenvalue weighted by Crippen LogP contribution is 2.23. The average molecular weight is 305 g/mol. The zero-order chi connectivity index (χ0) is 16.2. The minimum atomic E-state index is -0.321. The number of hydrogen-bond acceptors (Lipinski definition) is 5. The van der Waals surface area contributed by atoms with Gasteiger partial charge in [0.2, 0.25) is 0 Å². The normalized spacial score (nSPS) is 10.3. The molecule has 0 saturated carbocycles. The summed E-state index contributed by atoms with van der Waals surface area (Å²) in [6, 6.07) is 17.2. The molecule has 0 aliphatic heterocycles. The van der Waals surface area contributed by atoms with E-state index in [9.17, 15) is 4.79 Å². The molecule has 2 aromatic carbocycles. The quantitative estimate of drug-likeness (QED) is 0.689. The fraction of sp³-hybridized carbons (Fsp3) is 0. The molecule has 114 valence electrons. The van der Waals surface area contributed by atoms with Crippen LogP contribution in [-0.4, -0.2) is 15.9 Å². The molecule has 1 amide bonds. The van der Waals surface area contributed by atoms with Gasteiger partial charge in [-0.25, -0.2) is 9.97 Å². The van der Waals surface area contributed by atoms with Gasteiger partial charge in [-0.3, -0.25) is 4.79 Å². The van der Waals surface area contributed by atoms with Crippen molar-refractivity contribution >= 4 is 23.2 Å². The smallest absolute Gasteiger partial charge is 0.255 e. The van der Waals surface area contributed by atoms with Gasteiger partial charge >= 0.3 is 0 Å². The first-order chi connectivity index (χ1) is 11.1. The summed E-state index contributed by atoms with van der Waals surface area (Å²) < 4.78 is 0. The molecule has 0 saturated heterocycles. The third-order valence-corrected chi connectivity index (χ3v) is 3.40. The maximum Gasteiger partial charge on any atom is 0.255 e. The summed E-state index contributed by atoms with van der Waals surface area (Å²) in [4.78, 5) is 19.9. The van der Waals surface area contributed by atoms with Crippen molar-refractivity contribution < 1.29 is 4.79 Å². The molecule has 6 nitrogen and oxygen atoms in total. The molecule has 1 aromatic heterocycles. The van der Waals surface area contributed by atoms with Gasteiger partial charge in [0.15, 0.2) is 11.6 Å². The lowest BCUT2D eigenvalue weighted by atomic mass is 10.0. The Bertz CT molecular complexity index is 811. The number of nitrogens with two attached hydrogens (primary N) is 2. The number of anilines is 3. The highest BCUT2D eigenvalue weighted by atomic mass is 16.1. The van der Waals surface area contributed by atoms with Crippen LogP contribution in [0.5, 0.6) is 0 Å². The first-order valence-corrected chi connectivity index (χ1v) is 6.98. The van der Waals surface area contributed by atoms with Crippen LogP contribution in [0.4, 0.5) is 17.3 Å². The first kappa shape index (κ1) is 14.5. The van der Waals surface area contributed by atoms with Crippen molar-refractivity contribution in [1.29, 1.82) is 0 Å². The SMILES string of the molecule is Nc1ncnc(N)c1NC(=O)c1ccc(-c2ccccc2)cc1. The number of aromatic nitrogens is 2. The zero-order valence-electron chi connectivity index (χ0n) is 12.2. The number of nitrogen functional groups attached to an aromatic ring is 2. The molecule has 0 radical (unpaired) electrons. The van der Waals surface area contributed by atoms with Crippen LogP contribution in [0.3, 0.4) is 0 Å². The molecule has 0 fully saturated rings. The predicted molar refractivity (Wildman–Crippen MR) is 90.7 cm³/mol. The van der Waals surface area contributed by atoms with Crippen molar-refractivity contribution in [3.63, 3.8) is 0 Å². The fourth-order valence-electron chi connectivity index (χ4n) is 2.17. The Kier molecular flexibility index (Phi) is 3.88. The van der Waals surface area contributed by atoms with Gasteiger partial charge in [-0.15, -0.1) is 0 Å². The summed E-state index contributed by atoms with van der Waals surface area (Å²) in [6.45, 7) is 0. The van der Waals surface area contributed by atoms with E-state index in [1.54, 1.807) is 12.1 Å². The van der Waals surface area contributed by atoms with E-state index in [1.165, 1.54) is 6.33 Å². The van der Waals surface area contributed by atoms with E-state index in [1.807, 2.05) is 42.5 Å². The van der Waals surface area contributed by atoms with Crippen LogP contribution in [-0.2, 0) is 0 Å². The van der Waals surface area contributed by atoms with Crippen molar-refractivity contribution in [3.05, 3.63) is 66.5 Å². The number of nitrogens with one attached hydrogen (secondary N) is 1. The molecule has 1 heterocycles. The van der Waals surface area contributed by atoms with E-state index in [0.29, 0.717) is 5.56 Å². The topological polar surface area (TPSA) is 107 Å². The van der Waals surface area contributed by atoms with E-state index in [-0.39, 0.29) is 23.2 Å². The van der Waals surface area contributed by atoms with Gasteiger partial charge in [0.1, 0.15) is 12.0 Å². The molecule has 0 unspecified atom stereocenters. The largest absolute Gasteiger partial charge is 0.382 e. The average Bonchev–Trinajstić information content (AvgIpc) is 2.59. The molecule has 0 atom stereocenters. The number of carbonyl (C=O) groups excluding carboxylic acids is 1. The zero-order valence-corrected chi connectivity index (χ0v) is 12.2. The number of hydrogen-bond donors (Lipinski definition) is 3. The van der Waals surface area contributed by atoms with Crippen LogP contribution in [0.15, 0.2) is 60.9 Å². The van der Waals surface area contributed by atoms with Crippen LogP contribution >= 0.6 is 0 Å². The standard InChI is InChI=1S/C17H15N5O/c18-15-14(16(19)21-10-20-15)22-17(23)13-8-6-12(7-9-13)11-4-2-1-3-5-11/h1-10H,(H,22,23)(H4,18,19,20,21). The van der Waals surface area contributed by atoms with Crippen molar-refractivity contribution in [3.8, 4) is 11.1 Å². The van der Waals surface area contributed by atoms with Gasteiger partial charge in [-0.1, -0.05) is 42.5 Å². The van der Waals surface area contributed by atoms with Crippen LogP contribution in [0.25, 0.3) is 11.1 Å². The molecular formula is C17H15N5O. The van der Waals surface area contributed by atoms with Crippen LogP contribution in [0, 0.1) is 0 Å². The molecule has 6 heteroatoms. The maximum absolute atomic E-state index is 12.3. The number of amides is 1. The van der Waals surface area contributed by atoms with Gasteiger partial charge in [-0.2, -0.15) is 0 Å². The Morgan fingerprint density at radius 1 is 0.826 bits per heavy atom. The summed E-state index contributed by atoms with van der Waals surface area (Å²) in [5, 5.41) is 2.64. The van der Waals surface area contributed by atoms with Crippen LogP contribution in [0.2, 0.25) is 0 Å². The molecular weight excluding hydrogens is 290 g/mol. The molecule has 0 bridgehead atoms. The van der Waals surface area contributed by atoms with Gasteiger partial charge in [0, 0.05) is 5.56 Å². The van der Waals surface area contributed by atoms with Gasteiger partial charge in [0.05, 0.1) is 0 Å². The van der Waals surface area contributed by atoms with E-state index >= 15 is 0 Å². The third-order valence-electron chi connectivity index (χ3n) is 3.40. The van der Waals surface area contributed by atoms with Gasteiger partial charge in [0.25, 0.3) is 5.91 Å². The summed E-state index contributed by atoms with van der Waals surface area (Å²) in [7, 11) is 0. The molecule has 3 rings (SSSR count). The lowest BCUT2D eigenvalue weighted by Crippen LogP contribution is -2.15. The number of carbonyl (C=O) groups is 1. The fourth-order valence-corrected chi connectivity index (χ4v) is 2.17. The number of nitrogens with zero attached hydrogens (tertiary/aromatic N) is 2. The summed E-state index contributed by atoms with van der Waals surface area (Å²) in [5.74, 6) is -0.0590. The Labute approximate surface area is 133 Å². The Hall–Kier alpha value is -3.41. The third kappa shape index (κ3) is 3.11. The molecule has 3 aromatic rings. The number of benzene rings is 2. The Balaban J connectivity index is 1.81. The molecule has 5 N–H and O–H groups in total. The van der Waals surface area contributed by atoms with Crippen molar-refractivity contribution in [2.45, 2.75) is 0 Å². The summed E-state index contributed by atoms with van der Waals surface area (Å²) in [5.41, 5.74) is 14.2. The van der Waals surface area contributed by atoms with E-state index in [4.69, 9.17) is 11.5 Å². The second-order valence-corrected chi connectivity index (χ2v) is 4.92. The van der Waals surface area contributed by atoms with Gasteiger partial charge < -0.3 is 16.8 Å². The predicted octanol–water partition coefficient (Wildman–Crippen LogP) is 2.56. The molecule has 23 heavy (non-hydrogen) atoms. The van der Waals surface area contributed by atoms with E-state index < -0.39 is 0 Å². The minimum Gasteiger partial charge on any atom is -0.382 e. The second-order valence-electron chi connectivity index (χ2n) is 4.92. The maximum atomic E-state index is 12.3. The van der Waals surface area contributed by atoms with Gasteiger partial charge in [-0.05, 0) is 23.3 Å². The second kappa shape index (κ2) is 6.15. The van der Waals surface area contributed by atoms with E-state index in [2.05, 4.69) is 15.3 Å². The lowest BCUT2D eigenvalue weighted by molar-refractivity contribution is 0.102. The lowest BCUT2D eigenvalue weighted by Gasteiger charge is -2.09.